The van der Waals surface area contributed by atoms with Crippen molar-refractivity contribution in [1.29, 1.82) is 0 Å². The van der Waals surface area contributed by atoms with Gasteiger partial charge < -0.3 is 5.32 Å². The third-order valence-corrected chi connectivity index (χ3v) is 4.61. The highest BCUT2D eigenvalue weighted by atomic mass is 32.2. The molecule has 2 unspecified atom stereocenters. The van der Waals surface area contributed by atoms with Crippen LogP contribution in [0.25, 0.3) is 0 Å². The first-order chi connectivity index (χ1) is 10.6. The fourth-order valence-electron chi connectivity index (χ4n) is 2.08. The van der Waals surface area contributed by atoms with Gasteiger partial charge in [0.05, 0.1) is 5.25 Å². The quantitative estimate of drug-likeness (QED) is 0.808. The van der Waals surface area contributed by atoms with E-state index in [9.17, 15) is 9.18 Å². The molecule has 0 aliphatic rings. The summed E-state index contributed by atoms with van der Waals surface area (Å²) < 4.78 is 13.6. The monoisotopic (exact) mass is 317 g/mol. The minimum Gasteiger partial charge on any atom is -0.355 e. The number of amides is 1. The molecule has 0 saturated heterocycles. The van der Waals surface area contributed by atoms with Gasteiger partial charge in [0.1, 0.15) is 5.82 Å². The van der Waals surface area contributed by atoms with Gasteiger partial charge in [-0.3, -0.25) is 4.79 Å². The van der Waals surface area contributed by atoms with E-state index >= 15 is 0 Å². The first-order valence-corrected chi connectivity index (χ1v) is 8.19. The third-order valence-electron chi connectivity index (χ3n) is 3.46. The highest BCUT2D eigenvalue weighted by Gasteiger charge is 2.17. The Balaban J connectivity index is 1.85. The van der Waals surface area contributed by atoms with Crippen LogP contribution in [0.4, 0.5) is 4.39 Å². The second kappa shape index (κ2) is 7.99. The highest BCUT2D eigenvalue weighted by Crippen LogP contribution is 2.25. The zero-order valence-electron chi connectivity index (χ0n) is 12.8. The molecule has 0 spiro atoms. The number of thioether (sulfide) groups is 1. The number of nitrogens with one attached hydrogen (secondary N) is 1. The number of benzene rings is 2. The van der Waals surface area contributed by atoms with Crippen molar-refractivity contribution in [3.8, 4) is 0 Å². The van der Waals surface area contributed by atoms with E-state index in [4.69, 9.17) is 0 Å². The largest absolute Gasteiger partial charge is 0.355 e. The van der Waals surface area contributed by atoms with Crippen LogP contribution in [0.1, 0.15) is 25.3 Å². The van der Waals surface area contributed by atoms with Crippen molar-refractivity contribution in [3.63, 3.8) is 0 Å². The van der Waals surface area contributed by atoms with Crippen LogP contribution in [0.15, 0.2) is 59.5 Å². The molecule has 0 aromatic heterocycles. The summed E-state index contributed by atoms with van der Waals surface area (Å²) in [6.07, 6.45) is 0. The molecular weight excluding hydrogens is 297 g/mol. The Hall–Kier alpha value is -1.81. The molecule has 2 aromatic carbocycles. The summed E-state index contributed by atoms with van der Waals surface area (Å²) in [6.45, 7) is 4.44. The van der Waals surface area contributed by atoms with Gasteiger partial charge in [-0.15, -0.1) is 11.8 Å². The van der Waals surface area contributed by atoms with E-state index in [-0.39, 0.29) is 22.9 Å². The van der Waals surface area contributed by atoms with Crippen molar-refractivity contribution in [2.24, 2.45) is 0 Å². The van der Waals surface area contributed by atoms with Crippen molar-refractivity contribution >= 4 is 17.7 Å². The molecule has 2 aromatic rings. The van der Waals surface area contributed by atoms with Gasteiger partial charge in [0.2, 0.25) is 5.91 Å². The molecule has 116 valence electrons. The standard InChI is InChI=1S/C18H20FNOS/c1-13(15-8-4-3-5-9-15)12-20-18(21)14(2)22-17-11-7-6-10-16(17)19/h3-11,13-14H,12H2,1-2H3,(H,20,21). The Morgan fingerprint density at radius 3 is 2.41 bits per heavy atom. The van der Waals surface area contributed by atoms with Crippen LogP contribution < -0.4 is 5.32 Å². The Bertz CT molecular complexity index is 617. The molecule has 22 heavy (non-hydrogen) atoms. The summed E-state index contributed by atoms with van der Waals surface area (Å²) in [6, 6.07) is 16.6. The Morgan fingerprint density at radius 2 is 1.73 bits per heavy atom. The predicted molar refractivity (Wildman–Crippen MR) is 89.6 cm³/mol. The molecule has 2 atom stereocenters. The van der Waals surface area contributed by atoms with Gasteiger partial charge in [0, 0.05) is 11.4 Å². The van der Waals surface area contributed by atoms with Gasteiger partial charge in [0.15, 0.2) is 0 Å². The molecule has 2 nitrogen and oxygen atoms in total. The van der Waals surface area contributed by atoms with Crippen LogP contribution in [-0.2, 0) is 4.79 Å². The van der Waals surface area contributed by atoms with Crippen LogP contribution in [-0.4, -0.2) is 17.7 Å². The maximum Gasteiger partial charge on any atom is 0.233 e. The number of rotatable bonds is 6. The topological polar surface area (TPSA) is 29.1 Å². The van der Waals surface area contributed by atoms with Gasteiger partial charge >= 0.3 is 0 Å². The maximum atomic E-state index is 13.6. The van der Waals surface area contributed by atoms with E-state index in [1.807, 2.05) is 30.3 Å². The van der Waals surface area contributed by atoms with E-state index in [1.165, 1.54) is 23.4 Å². The second-order valence-corrected chi connectivity index (χ2v) is 6.63. The SMILES string of the molecule is CC(Sc1ccccc1F)C(=O)NCC(C)c1ccccc1. The lowest BCUT2D eigenvalue weighted by molar-refractivity contribution is -0.120. The number of hydrogen-bond acceptors (Lipinski definition) is 2. The Morgan fingerprint density at radius 1 is 1.09 bits per heavy atom. The van der Waals surface area contributed by atoms with E-state index < -0.39 is 0 Å². The summed E-state index contributed by atoms with van der Waals surface area (Å²) in [5.41, 5.74) is 1.19. The molecule has 0 saturated carbocycles. The lowest BCUT2D eigenvalue weighted by atomic mass is 10.0. The fourth-order valence-corrected chi connectivity index (χ4v) is 2.99. The smallest absolute Gasteiger partial charge is 0.233 e. The Labute approximate surface area is 135 Å². The van der Waals surface area contributed by atoms with Gasteiger partial charge in [0.25, 0.3) is 0 Å². The van der Waals surface area contributed by atoms with Crippen molar-refractivity contribution in [2.75, 3.05) is 6.54 Å². The van der Waals surface area contributed by atoms with Crippen LogP contribution >= 0.6 is 11.8 Å². The van der Waals surface area contributed by atoms with Crippen LogP contribution in [0.2, 0.25) is 0 Å². The summed E-state index contributed by atoms with van der Waals surface area (Å²) in [5, 5.41) is 2.60. The zero-order chi connectivity index (χ0) is 15.9. The van der Waals surface area contributed by atoms with Gasteiger partial charge in [-0.25, -0.2) is 4.39 Å². The van der Waals surface area contributed by atoms with Crippen LogP contribution in [0.3, 0.4) is 0 Å². The average Bonchev–Trinajstić information content (AvgIpc) is 2.55. The highest BCUT2D eigenvalue weighted by molar-refractivity contribution is 8.00. The zero-order valence-corrected chi connectivity index (χ0v) is 13.6. The van der Waals surface area contributed by atoms with Crippen LogP contribution in [0.5, 0.6) is 0 Å². The number of halogens is 1. The molecule has 0 aliphatic heterocycles. The number of carbonyl (C=O) groups excluding carboxylic acids is 1. The molecule has 0 aliphatic carbocycles. The molecule has 4 heteroatoms. The van der Waals surface area contributed by atoms with Crippen LogP contribution in [0, 0.1) is 5.82 Å². The summed E-state index contributed by atoms with van der Waals surface area (Å²) in [5.74, 6) is -0.114. The Kier molecular flexibility index (Phi) is 6.01. The molecule has 0 heterocycles. The summed E-state index contributed by atoms with van der Waals surface area (Å²) >= 11 is 1.24. The van der Waals surface area contributed by atoms with E-state index in [2.05, 4.69) is 12.2 Å². The normalized spacial score (nSPS) is 13.4. The molecule has 2 rings (SSSR count). The molecule has 1 amide bonds. The van der Waals surface area contributed by atoms with Crippen molar-refractivity contribution in [3.05, 3.63) is 66.0 Å². The molecular formula is C18H20FNOS. The minimum absolute atomic E-state index is 0.0731. The summed E-state index contributed by atoms with van der Waals surface area (Å²) in [4.78, 5) is 12.6. The van der Waals surface area contributed by atoms with E-state index in [1.54, 1.807) is 25.1 Å². The van der Waals surface area contributed by atoms with E-state index in [0.29, 0.717) is 11.4 Å². The number of carbonyl (C=O) groups is 1. The van der Waals surface area contributed by atoms with E-state index in [0.717, 1.165) is 0 Å². The minimum atomic E-state index is -0.333. The lowest BCUT2D eigenvalue weighted by Gasteiger charge is -2.16. The second-order valence-electron chi connectivity index (χ2n) is 5.25. The average molecular weight is 317 g/mol. The molecule has 0 fully saturated rings. The van der Waals surface area contributed by atoms with Crippen molar-refractivity contribution in [1.82, 2.24) is 5.32 Å². The number of hydrogen-bond donors (Lipinski definition) is 1. The van der Waals surface area contributed by atoms with Gasteiger partial charge in [-0.2, -0.15) is 0 Å². The van der Waals surface area contributed by atoms with Crippen molar-refractivity contribution < 1.29 is 9.18 Å². The molecule has 0 bridgehead atoms. The molecule has 0 radical (unpaired) electrons. The maximum absolute atomic E-state index is 13.6. The first kappa shape index (κ1) is 16.6. The van der Waals surface area contributed by atoms with Crippen molar-refractivity contribution in [2.45, 2.75) is 29.9 Å². The fraction of sp³-hybridized carbons (Fsp3) is 0.278. The summed E-state index contributed by atoms with van der Waals surface area (Å²) in [7, 11) is 0. The van der Waals surface area contributed by atoms with Gasteiger partial charge in [-0.1, -0.05) is 49.4 Å². The lowest BCUT2D eigenvalue weighted by Crippen LogP contribution is -2.33. The predicted octanol–water partition coefficient (Wildman–Crippen LogP) is 4.23. The van der Waals surface area contributed by atoms with Gasteiger partial charge in [-0.05, 0) is 30.5 Å². The third kappa shape index (κ3) is 4.60. The molecule has 1 N–H and O–H groups in total. The first-order valence-electron chi connectivity index (χ1n) is 7.31.